The van der Waals surface area contributed by atoms with Crippen molar-refractivity contribution < 1.29 is 37.3 Å². The number of aromatic nitrogens is 3. The number of nitrogens with one attached hydrogen (secondary N) is 2. The first-order valence-corrected chi connectivity index (χ1v) is 12.2. The molecule has 39 heavy (non-hydrogen) atoms. The van der Waals surface area contributed by atoms with Crippen molar-refractivity contribution in [3.8, 4) is 17.5 Å². The third-order valence-corrected chi connectivity index (χ3v) is 5.29. The second-order valence-electron chi connectivity index (χ2n) is 8.28. The predicted molar refractivity (Wildman–Crippen MR) is 138 cm³/mol. The minimum absolute atomic E-state index is 0.0105. The Bertz CT molecular complexity index is 1210. The summed E-state index contributed by atoms with van der Waals surface area (Å²) in [6, 6.07) is 11.8. The van der Waals surface area contributed by atoms with Gasteiger partial charge in [0, 0.05) is 25.4 Å². The number of carbonyl (C=O) groups excluding carboxylic acids is 1. The number of ether oxygens (including phenoxy) is 3. The molecule has 0 aliphatic carbocycles. The predicted octanol–water partition coefficient (Wildman–Crippen LogP) is 4.92. The van der Waals surface area contributed by atoms with Crippen LogP contribution in [0.25, 0.3) is 0 Å². The summed E-state index contributed by atoms with van der Waals surface area (Å²) in [5, 5.41) is 12.9. The van der Waals surface area contributed by atoms with Gasteiger partial charge < -0.3 is 30.0 Å². The lowest BCUT2D eigenvalue weighted by molar-refractivity contribution is -0.154. The molecule has 0 radical (unpaired) electrons. The second-order valence-corrected chi connectivity index (χ2v) is 8.28. The Morgan fingerprint density at radius 1 is 0.974 bits per heavy atom. The van der Waals surface area contributed by atoms with Crippen LogP contribution < -0.4 is 24.8 Å². The SMILES string of the molecule is CO.O=Cc1ccc2cc1OCCCCCCOc1cccc(c1)CNc1nc(nc(OCC(F)(F)F)n1)N2. The molecule has 0 amide bonds. The highest BCUT2D eigenvalue weighted by Gasteiger charge is 2.29. The summed E-state index contributed by atoms with van der Waals surface area (Å²) in [5.74, 6) is 1.05. The monoisotopic (exact) mass is 549 g/mol. The van der Waals surface area contributed by atoms with E-state index in [9.17, 15) is 18.0 Å². The van der Waals surface area contributed by atoms with Gasteiger partial charge in [-0.15, -0.1) is 0 Å². The van der Waals surface area contributed by atoms with E-state index in [1.165, 1.54) is 0 Å². The van der Waals surface area contributed by atoms with Crippen molar-refractivity contribution in [1.82, 2.24) is 15.0 Å². The van der Waals surface area contributed by atoms with Crippen LogP contribution in [0, 0.1) is 0 Å². The van der Waals surface area contributed by atoms with Gasteiger partial charge in [-0.2, -0.15) is 28.1 Å². The Morgan fingerprint density at radius 3 is 2.46 bits per heavy atom. The topological polar surface area (TPSA) is 128 Å². The van der Waals surface area contributed by atoms with Gasteiger partial charge in [-0.25, -0.2) is 0 Å². The molecular formula is C26H30F3N5O5. The summed E-state index contributed by atoms with van der Waals surface area (Å²) in [7, 11) is 1.00. The number of nitrogens with zero attached hydrogens (tertiary/aromatic N) is 3. The average Bonchev–Trinajstić information content (AvgIpc) is 2.93. The normalized spacial score (nSPS) is 14.1. The number of benzene rings is 2. The van der Waals surface area contributed by atoms with Crippen molar-refractivity contribution in [3.63, 3.8) is 0 Å². The molecule has 3 N–H and O–H groups in total. The van der Waals surface area contributed by atoms with E-state index in [0.29, 0.717) is 42.2 Å². The second kappa shape index (κ2) is 14.7. The molecule has 0 spiro atoms. The molecule has 1 aliphatic heterocycles. The zero-order valence-electron chi connectivity index (χ0n) is 21.3. The van der Waals surface area contributed by atoms with Crippen molar-refractivity contribution >= 4 is 23.9 Å². The van der Waals surface area contributed by atoms with Gasteiger partial charge in [0.1, 0.15) is 11.5 Å². The summed E-state index contributed by atoms with van der Waals surface area (Å²) in [6.45, 7) is -0.285. The van der Waals surface area contributed by atoms with Crippen molar-refractivity contribution in [2.75, 3.05) is 37.6 Å². The van der Waals surface area contributed by atoms with Gasteiger partial charge in [-0.05, 0) is 55.5 Å². The van der Waals surface area contributed by atoms with Crippen LogP contribution >= 0.6 is 0 Å². The van der Waals surface area contributed by atoms with Gasteiger partial charge in [0.15, 0.2) is 12.9 Å². The van der Waals surface area contributed by atoms with Gasteiger partial charge >= 0.3 is 12.2 Å². The van der Waals surface area contributed by atoms with Crippen LogP contribution in [0.1, 0.15) is 41.6 Å². The van der Waals surface area contributed by atoms with Gasteiger partial charge in [0.05, 0.1) is 18.8 Å². The molecule has 3 aromatic rings. The molecule has 1 aliphatic rings. The summed E-state index contributed by atoms with van der Waals surface area (Å²) in [4.78, 5) is 23.6. The first kappa shape index (κ1) is 29.4. The molecule has 10 nitrogen and oxygen atoms in total. The first-order chi connectivity index (χ1) is 18.9. The lowest BCUT2D eigenvalue weighted by Crippen LogP contribution is -2.21. The van der Waals surface area contributed by atoms with Crippen molar-refractivity contribution in [2.45, 2.75) is 38.4 Å². The number of fused-ring (bicyclic) bond motifs is 6. The molecule has 2 aromatic carbocycles. The molecule has 4 rings (SSSR count). The Kier molecular flexibility index (Phi) is 11.1. The van der Waals surface area contributed by atoms with E-state index >= 15 is 0 Å². The van der Waals surface area contributed by atoms with Crippen LogP contribution in [0.15, 0.2) is 42.5 Å². The largest absolute Gasteiger partial charge is 0.494 e. The van der Waals surface area contributed by atoms with Crippen molar-refractivity contribution in [1.29, 1.82) is 0 Å². The van der Waals surface area contributed by atoms with Crippen LogP contribution in [-0.2, 0) is 6.54 Å². The standard InChI is InChI=1S/C25H26F3N5O4.CH4O/c26-25(27,28)16-37-24-32-22-29-14-17-6-5-7-20(12-17)35-10-3-1-2-4-11-36-21-13-19(9-8-18(21)15-34)30-23(31-22)33-24;1-2/h5-9,12-13,15H,1-4,10-11,14,16H2,(H2,29,30,31,32,33);2H,1H3. The molecular weight excluding hydrogens is 519 g/mol. The molecule has 0 unspecified atom stereocenters. The molecule has 0 saturated heterocycles. The Labute approximate surface area is 223 Å². The van der Waals surface area contributed by atoms with Crippen LogP contribution in [0.4, 0.5) is 30.8 Å². The maximum absolute atomic E-state index is 12.7. The molecule has 210 valence electrons. The molecule has 0 saturated carbocycles. The third-order valence-electron chi connectivity index (χ3n) is 5.29. The lowest BCUT2D eigenvalue weighted by Gasteiger charge is -2.14. The Balaban J connectivity index is 0.00000205. The molecule has 6 bridgehead atoms. The summed E-state index contributed by atoms with van der Waals surface area (Å²) >= 11 is 0. The number of alkyl halides is 3. The van der Waals surface area contributed by atoms with E-state index in [2.05, 4.69) is 25.6 Å². The number of halogens is 3. The Hall–Kier alpha value is -4.13. The van der Waals surface area contributed by atoms with E-state index in [0.717, 1.165) is 38.4 Å². The number of hydrogen-bond donors (Lipinski definition) is 3. The highest BCUT2D eigenvalue weighted by molar-refractivity contribution is 5.81. The summed E-state index contributed by atoms with van der Waals surface area (Å²) < 4.78 is 54.6. The van der Waals surface area contributed by atoms with E-state index in [1.807, 2.05) is 24.3 Å². The maximum Gasteiger partial charge on any atom is 0.422 e. The van der Waals surface area contributed by atoms with Crippen LogP contribution in [-0.4, -0.2) is 59.5 Å². The molecule has 13 heteroatoms. The number of aliphatic hydroxyl groups excluding tert-OH is 1. The van der Waals surface area contributed by atoms with E-state index in [-0.39, 0.29) is 18.4 Å². The number of hydrogen-bond acceptors (Lipinski definition) is 10. The van der Waals surface area contributed by atoms with Crippen LogP contribution in [0.2, 0.25) is 0 Å². The smallest absolute Gasteiger partial charge is 0.422 e. The van der Waals surface area contributed by atoms with E-state index < -0.39 is 18.8 Å². The molecule has 0 atom stereocenters. The minimum Gasteiger partial charge on any atom is -0.494 e. The van der Waals surface area contributed by atoms with Gasteiger partial charge in [-0.3, -0.25) is 4.79 Å². The first-order valence-electron chi connectivity index (χ1n) is 12.2. The number of carbonyl (C=O) groups is 1. The fourth-order valence-corrected chi connectivity index (χ4v) is 3.52. The minimum atomic E-state index is -4.56. The average molecular weight is 550 g/mol. The van der Waals surface area contributed by atoms with E-state index in [1.54, 1.807) is 18.2 Å². The van der Waals surface area contributed by atoms with Gasteiger partial charge in [0.25, 0.3) is 0 Å². The highest BCUT2D eigenvalue weighted by Crippen LogP contribution is 2.26. The van der Waals surface area contributed by atoms with Crippen molar-refractivity contribution in [3.05, 3.63) is 53.6 Å². The van der Waals surface area contributed by atoms with E-state index in [4.69, 9.17) is 19.3 Å². The Morgan fingerprint density at radius 2 is 1.72 bits per heavy atom. The van der Waals surface area contributed by atoms with Gasteiger partial charge in [0.2, 0.25) is 11.9 Å². The number of aliphatic hydroxyl groups is 1. The van der Waals surface area contributed by atoms with Crippen LogP contribution in [0.5, 0.6) is 17.5 Å². The fourth-order valence-electron chi connectivity index (χ4n) is 3.52. The quantitative estimate of drug-likeness (QED) is 0.387. The zero-order chi connectivity index (χ0) is 28.1. The maximum atomic E-state index is 12.7. The lowest BCUT2D eigenvalue weighted by atomic mass is 10.2. The zero-order valence-corrected chi connectivity index (χ0v) is 21.3. The molecule has 0 fully saturated rings. The van der Waals surface area contributed by atoms with Gasteiger partial charge in [-0.1, -0.05) is 12.1 Å². The van der Waals surface area contributed by atoms with Crippen LogP contribution in [0.3, 0.4) is 0 Å². The summed E-state index contributed by atoms with van der Waals surface area (Å²) in [6.07, 6.45) is -0.270. The molecule has 2 heterocycles. The fraction of sp³-hybridized carbons (Fsp3) is 0.385. The van der Waals surface area contributed by atoms with Crippen molar-refractivity contribution in [2.24, 2.45) is 0 Å². The summed E-state index contributed by atoms with van der Waals surface area (Å²) in [5.41, 5.74) is 1.71. The number of rotatable bonds is 3. The number of aldehydes is 1. The third kappa shape index (κ3) is 9.93. The highest BCUT2D eigenvalue weighted by atomic mass is 19.4. The molecule has 1 aromatic heterocycles. The number of anilines is 3.